The van der Waals surface area contributed by atoms with Gasteiger partial charge in [-0.2, -0.15) is 0 Å². The van der Waals surface area contributed by atoms with E-state index in [-0.39, 0.29) is 6.61 Å². The van der Waals surface area contributed by atoms with Gasteiger partial charge in [-0.05, 0) is 18.1 Å². The zero-order valence-corrected chi connectivity index (χ0v) is 8.53. The number of amides is 1. The van der Waals surface area contributed by atoms with Gasteiger partial charge in [-0.25, -0.2) is 0 Å². The highest BCUT2D eigenvalue weighted by atomic mass is 16.5. The van der Waals surface area contributed by atoms with Crippen LogP contribution in [0.4, 0.5) is 0 Å². The van der Waals surface area contributed by atoms with Gasteiger partial charge in [0.15, 0.2) is 12.9 Å². The predicted octanol–water partition coefficient (Wildman–Crippen LogP) is 0.926. The van der Waals surface area contributed by atoms with Crippen molar-refractivity contribution in [1.82, 2.24) is 0 Å². The minimum Gasteiger partial charge on any atom is -0.483 e. The molecule has 80 valence electrons. The van der Waals surface area contributed by atoms with Crippen LogP contribution in [0.15, 0.2) is 18.2 Å². The number of carbonyl (C=O) groups is 2. The summed E-state index contributed by atoms with van der Waals surface area (Å²) in [7, 11) is 0. The van der Waals surface area contributed by atoms with E-state index in [0.717, 1.165) is 18.3 Å². The monoisotopic (exact) mass is 207 g/mol. The number of benzene rings is 1. The third-order valence-corrected chi connectivity index (χ3v) is 2.03. The Hall–Kier alpha value is -1.84. The quantitative estimate of drug-likeness (QED) is 0.730. The molecule has 1 amide bonds. The Morgan fingerprint density at radius 2 is 2.27 bits per heavy atom. The van der Waals surface area contributed by atoms with E-state index < -0.39 is 5.91 Å². The standard InChI is InChI=1S/C11H13NO3/c1-2-8-4-3-5-10(9(8)6-13)15-7-11(12)14/h3-6H,2,7H2,1H3,(H2,12,14). The molecule has 1 aromatic rings. The fraction of sp³-hybridized carbons (Fsp3) is 0.273. The summed E-state index contributed by atoms with van der Waals surface area (Å²) < 4.78 is 5.13. The molecule has 1 rings (SSSR count). The van der Waals surface area contributed by atoms with Gasteiger partial charge in [0.05, 0.1) is 5.56 Å². The van der Waals surface area contributed by atoms with Gasteiger partial charge < -0.3 is 10.5 Å². The largest absolute Gasteiger partial charge is 0.483 e. The molecule has 0 heterocycles. The number of carbonyl (C=O) groups excluding carboxylic acids is 2. The van der Waals surface area contributed by atoms with Crippen molar-refractivity contribution in [2.75, 3.05) is 6.61 Å². The lowest BCUT2D eigenvalue weighted by Gasteiger charge is -2.09. The van der Waals surface area contributed by atoms with E-state index in [0.29, 0.717) is 11.3 Å². The van der Waals surface area contributed by atoms with Crippen LogP contribution in [0.5, 0.6) is 5.75 Å². The van der Waals surface area contributed by atoms with Crippen LogP contribution < -0.4 is 10.5 Å². The zero-order valence-electron chi connectivity index (χ0n) is 8.53. The maximum Gasteiger partial charge on any atom is 0.255 e. The van der Waals surface area contributed by atoms with Gasteiger partial charge in [-0.3, -0.25) is 9.59 Å². The minimum absolute atomic E-state index is 0.214. The summed E-state index contributed by atoms with van der Waals surface area (Å²) in [6.45, 7) is 1.73. The zero-order chi connectivity index (χ0) is 11.3. The van der Waals surface area contributed by atoms with E-state index in [4.69, 9.17) is 10.5 Å². The average molecular weight is 207 g/mol. The Kier molecular flexibility index (Phi) is 3.85. The molecule has 0 spiro atoms. The molecule has 0 aliphatic rings. The third kappa shape index (κ3) is 2.80. The minimum atomic E-state index is -0.561. The highest BCUT2D eigenvalue weighted by molar-refractivity contribution is 5.82. The summed E-state index contributed by atoms with van der Waals surface area (Å²) in [6.07, 6.45) is 1.47. The first kappa shape index (κ1) is 11.2. The van der Waals surface area contributed by atoms with Gasteiger partial charge >= 0.3 is 0 Å². The molecular weight excluding hydrogens is 194 g/mol. The van der Waals surface area contributed by atoms with Gasteiger partial charge in [-0.1, -0.05) is 19.1 Å². The number of ether oxygens (including phenoxy) is 1. The van der Waals surface area contributed by atoms with Gasteiger partial charge in [-0.15, -0.1) is 0 Å². The Labute approximate surface area is 88.0 Å². The lowest BCUT2D eigenvalue weighted by atomic mass is 10.1. The van der Waals surface area contributed by atoms with Crippen LogP contribution in [0.3, 0.4) is 0 Å². The molecule has 0 radical (unpaired) electrons. The van der Waals surface area contributed by atoms with Crippen molar-refractivity contribution in [1.29, 1.82) is 0 Å². The Morgan fingerprint density at radius 1 is 1.53 bits per heavy atom. The molecule has 0 unspecified atom stereocenters. The van der Waals surface area contributed by atoms with Gasteiger partial charge in [0.2, 0.25) is 0 Å². The summed E-state index contributed by atoms with van der Waals surface area (Å²) in [5.74, 6) is -0.156. The first-order chi connectivity index (χ1) is 7.19. The summed E-state index contributed by atoms with van der Waals surface area (Å²) in [5, 5.41) is 0. The molecule has 0 saturated heterocycles. The van der Waals surface area contributed by atoms with Crippen molar-refractivity contribution < 1.29 is 14.3 Å². The van der Waals surface area contributed by atoms with Crippen molar-refractivity contribution >= 4 is 12.2 Å². The van der Waals surface area contributed by atoms with Crippen molar-refractivity contribution in [3.63, 3.8) is 0 Å². The topological polar surface area (TPSA) is 69.4 Å². The lowest BCUT2D eigenvalue weighted by Crippen LogP contribution is -2.20. The highest BCUT2D eigenvalue weighted by Crippen LogP contribution is 2.20. The van der Waals surface area contributed by atoms with Crippen LogP contribution in [0.25, 0.3) is 0 Å². The van der Waals surface area contributed by atoms with E-state index in [1.807, 2.05) is 13.0 Å². The number of aryl methyl sites for hydroxylation is 1. The number of primary amides is 1. The van der Waals surface area contributed by atoms with E-state index in [9.17, 15) is 9.59 Å². The molecule has 0 saturated carbocycles. The second kappa shape index (κ2) is 5.14. The van der Waals surface area contributed by atoms with Crippen LogP contribution >= 0.6 is 0 Å². The molecule has 0 atom stereocenters. The summed E-state index contributed by atoms with van der Waals surface area (Å²) in [4.78, 5) is 21.4. The van der Waals surface area contributed by atoms with Crippen LogP contribution in [-0.2, 0) is 11.2 Å². The van der Waals surface area contributed by atoms with Gasteiger partial charge in [0.1, 0.15) is 5.75 Å². The van der Waals surface area contributed by atoms with Crippen LogP contribution in [0.2, 0.25) is 0 Å². The molecule has 0 bridgehead atoms. The number of hydrogen-bond donors (Lipinski definition) is 1. The lowest BCUT2D eigenvalue weighted by molar-refractivity contribution is -0.119. The number of hydrogen-bond acceptors (Lipinski definition) is 3. The van der Waals surface area contributed by atoms with Crippen molar-refractivity contribution in [2.45, 2.75) is 13.3 Å². The molecule has 0 aliphatic carbocycles. The second-order valence-electron chi connectivity index (χ2n) is 3.06. The molecular formula is C11H13NO3. The van der Waals surface area contributed by atoms with E-state index in [1.165, 1.54) is 0 Å². The number of rotatable bonds is 5. The SMILES string of the molecule is CCc1cccc(OCC(N)=O)c1C=O. The maximum atomic E-state index is 10.9. The first-order valence-corrected chi connectivity index (χ1v) is 4.67. The van der Waals surface area contributed by atoms with Gasteiger partial charge in [0.25, 0.3) is 5.91 Å². The third-order valence-electron chi connectivity index (χ3n) is 2.03. The Morgan fingerprint density at radius 3 is 2.80 bits per heavy atom. The van der Waals surface area contributed by atoms with Crippen LogP contribution in [0, 0.1) is 0 Å². The average Bonchev–Trinajstić information content (AvgIpc) is 2.25. The number of aldehydes is 1. The van der Waals surface area contributed by atoms with E-state index >= 15 is 0 Å². The van der Waals surface area contributed by atoms with Gasteiger partial charge in [0, 0.05) is 0 Å². The fourth-order valence-electron chi connectivity index (χ4n) is 1.31. The molecule has 4 heteroatoms. The molecule has 2 N–H and O–H groups in total. The molecule has 4 nitrogen and oxygen atoms in total. The number of nitrogens with two attached hydrogens (primary N) is 1. The van der Waals surface area contributed by atoms with E-state index in [2.05, 4.69) is 0 Å². The van der Waals surface area contributed by atoms with Crippen LogP contribution in [-0.4, -0.2) is 18.8 Å². The normalized spacial score (nSPS) is 9.67. The maximum absolute atomic E-state index is 10.9. The van der Waals surface area contributed by atoms with E-state index in [1.54, 1.807) is 12.1 Å². The molecule has 0 aliphatic heterocycles. The first-order valence-electron chi connectivity index (χ1n) is 4.67. The Balaban J connectivity index is 2.95. The summed E-state index contributed by atoms with van der Waals surface area (Å²) in [6, 6.07) is 5.27. The molecule has 1 aromatic carbocycles. The summed E-state index contributed by atoms with van der Waals surface area (Å²) in [5.41, 5.74) is 6.33. The second-order valence-corrected chi connectivity index (χ2v) is 3.06. The predicted molar refractivity (Wildman–Crippen MR) is 55.9 cm³/mol. The van der Waals surface area contributed by atoms with Crippen molar-refractivity contribution in [2.24, 2.45) is 5.73 Å². The van der Waals surface area contributed by atoms with Crippen LogP contribution in [0.1, 0.15) is 22.8 Å². The summed E-state index contributed by atoms with van der Waals surface area (Å²) >= 11 is 0. The highest BCUT2D eigenvalue weighted by Gasteiger charge is 2.07. The fourth-order valence-corrected chi connectivity index (χ4v) is 1.31. The Bertz CT molecular complexity index is 374. The smallest absolute Gasteiger partial charge is 0.255 e. The molecule has 0 aromatic heterocycles. The van der Waals surface area contributed by atoms with Crippen molar-refractivity contribution in [3.05, 3.63) is 29.3 Å². The molecule has 0 fully saturated rings. The van der Waals surface area contributed by atoms with Crippen molar-refractivity contribution in [3.8, 4) is 5.75 Å². The molecule has 15 heavy (non-hydrogen) atoms.